The Bertz CT molecular complexity index is 372. The number of hydrogen-bond donors (Lipinski definition) is 0. The predicted octanol–water partition coefficient (Wildman–Crippen LogP) is 1.19. The van der Waals surface area contributed by atoms with Gasteiger partial charge in [-0.05, 0) is 11.4 Å². The Hall–Kier alpha value is -0.860. The quantitative estimate of drug-likeness (QED) is 0.738. The summed E-state index contributed by atoms with van der Waals surface area (Å²) in [6, 6.07) is 5.18. The first-order chi connectivity index (χ1) is 5.64. The minimum atomic E-state index is -3.21. The summed E-state index contributed by atoms with van der Waals surface area (Å²) >= 11 is 1.39. The molecule has 0 unspecified atom stereocenters. The Labute approximate surface area is 75.2 Å². The number of thiophene rings is 1. The summed E-state index contributed by atoms with van der Waals surface area (Å²) in [5.41, 5.74) is 0. The third kappa shape index (κ3) is 2.64. The van der Waals surface area contributed by atoms with E-state index in [-0.39, 0.29) is 5.75 Å². The van der Waals surface area contributed by atoms with E-state index in [1.165, 1.54) is 11.3 Å². The minimum Gasteiger partial charge on any atom is -0.227 e. The molecule has 1 aromatic heterocycles. The second kappa shape index (κ2) is 3.70. The van der Waals surface area contributed by atoms with Crippen LogP contribution in [0.25, 0.3) is 0 Å². The molecule has 0 aromatic carbocycles. The molecule has 0 saturated carbocycles. The fraction of sp³-hybridized carbons (Fsp3) is 0.286. The van der Waals surface area contributed by atoms with Crippen LogP contribution in [0.15, 0.2) is 17.5 Å². The number of rotatable bonds is 3. The molecule has 1 rings (SSSR count). The Morgan fingerprint density at radius 1 is 1.58 bits per heavy atom. The summed E-state index contributed by atoms with van der Waals surface area (Å²) in [6.45, 7) is 0. The standard InChI is InChI=1S/C7H7NO2S2/c8-3-5-12(9,10)6-7-2-1-4-11-7/h1-2,4H,5-6H2. The molecule has 0 aliphatic rings. The van der Waals surface area contributed by atoms with Crippen LogP contribution in [0.4, 0.5) is 0 Å². The highest BCUT2D eigenvalue weighted by Crippen LogP contribution is 2.12. The van der Waals surface area contributed by atoms with Crippen LogP contribution in [-0.4, -0.2) is 14.2 Å². The first-order valence-electron chi connectivity index (χ1n) is 3.24. The van der Waals surface area contributed by atoms with E-state index in [2.05, 4.69) is 0 Å². The number of nitriles is 1. The maximum absolute atomic E-state index is 11.1. The second-order valence-electron chi connectivity index (χ2n) is 2.27. The molecule has 0 atom stereocenters. The fourth-order valence-electron chi connectivity index (χ4n) is 0.761. The van der Waals surface area contributed by atoms with Crippen LogP contribution in [0, 0.1) is 11.3 Å². The summed E-state index contributed by atoms with van der Waals surface area (Å²) in [4.78, 5) is 0.783. The average Bonchev–Trinajstić information content (AvgIpc) is 2.38. The van der Waals surface area contributed by atoms with Crippen molar-refractivity contribution >= 4 is 21.2 Å². The van der Waals surface area contributed by atoms with Crippen molar-refractivity contribution in [2.24, 2.45) is 0 Å². The first kappa shape index (κ1) is 9.23. The van der Waals surface area contributed by atoms with Gasteiger partial charge in [-0.3, -0.25) is 0 Å². The van der Waals surface area contributed by atoms with E-state index in [4.69, 9.17) is 5.26 Å². The highest BCUT2D eigenvalue weighted by Gasteiger charge is 2.11. The van der Waals surface area contributed by atoms with E-state index in [1.54, 1.807) is 18.2 Å². The van der Waals surface area contributed by atoms with Gasteiger partial charge in [0.25, 0.3) is 0 Å². The van der Waals surface area contributed by atoms with Crippen LogP contribution >= 0.6 is 11.3 Å². The van der Waals surface area contributed by atoms with Gasteiger partial charge in [-0.1, -0.05) is 6.07 Å². The van der Waals surface area contributed by atoms with Gasteiger partial charge in [0.15, 0.2) is 9.84 Å². The Kier molecular flexibility index (Phi) is 2.84. The molecular formula is C7H7NO2S2. The van der Waals surface area contributed by atoms with Crippen molar-refractivity contribution in [3.8, 4) is 6.07 Å². The van der Waals surface area contributed by atoms with Crippen LogP contribution in [0.2, 0.25) is 0 Å². The lowest BCUT2D eigenvalue weighted by Crippen LogP contribution is -2.06. The molecule has 0 amide bonds. The number of sulfone groups is 1. The van der Waals surface area contributed by atoms with E-state index < -0.39 is 15.6 Å². The van der Waals surface area contributed by atoms with Gasteiger partial charge < -0.3 is 0 Å². The largest absolute Gasteiger partial charge is 0.227 e. The Morgan fingerprint density at radius 2 is 2.33 bits per heavy atom. The van der Waals surface area contributed by atoms with E-state index in [0.717, 1.165) is 4.88 Å². The normalized spacial score (nSPS) is 10.9. The SMILES string of the molecule is N#CCS(=O)(=O)Cc1cccs1. The summed E-state index contributed by atoms with van der Waals surface area (Å²) in [5, 5.41) is 10.0. The van der Waals surface area contributed by atoms with Gasteiger partial charge in [-0.15, -0.1) is 11.3 Å². The van der Waals surface area contributed by atoms with Gasteiger partial charge >= 0.3 is 0 Å². The molecule has 0 spiro atoms. The molecule has 0 saturated heterocycles. The molecule has 0 aliphatic carbocycles. The highest BCUT2D eigenvalue weighted by atomic mass is 32.2. The Balaban J connectivity index is 2.71. The van der Waals surface area contributed by atoms with E-state index >= 15 is 0 Å². The third-order valence-corrected chi connectivity index (χ3v) is 3.61. The third-order valence-electron chi connectivity index (χ3n) is 1.23. The summed E-state index contributed by atoms with van der Waals surface area (Å²) in [7, 11) is -3.21. The molecule has 0 fully saturated rings. The summed E-state index contributed by atoms with van der Waals surface area (Å²) in [6.07, 6.45) is 0. The zero-order valence-corrected chi connectivity index (χ0v) is 7.86. The number of nitrogens with zero attached hydrogens (tertiary/aromatic N) is 1. The van der Waals surface area contributed by atoms with E-state index in [1.807, 2.05) is 5.38 Å². The van der Waals surface area contributed by atoms with Crippen molar-refractivity contribution in [2.75, 3.05) is 5.75 Å². The van der Waals surface area contributed by atoms with Gasteiger partial charge in [0.2, 0.25) is 0 Å². The topological polar surface area (TPSA) is 57.9 Å². The number of hydrogen-bond acceptors (Lipinski definition) is 4. The average molecular weight is 201 g/mol. The van der Waals surface area contributed by atoms with Crippen LogP contribution in [0.5, 0.6) is 0 Å². The van der Waals surface area contributed by atoms with Gasteiger partial charge in [0.05, 0.1) is 11.8 Å². The maximum Gasteiger partial charge on any atom is 0.168 e. The van der Waals surface area contributed by atoms with Crippen molar-refractivity contribution < 1.29 is 8.42 Å². The predicted molar refractivity (Wildman–Crippen MR) is 47.4 cm³/mol. The van der Waals surface area contributed by atoms with Crippen molar-refractivity contribution in [3.05, 3.63) is 22.4 Å². The fourth-order valence-corrected chi connectivity index (χ4v) is 2.89. The van der Waals surface area contributed by atoms with Crippen molar-refractivity contribution in [2.45, 2.75) is 5.75 Å². The molecule has 0 aliphatic heterocycles. The Morgan fingerprint density at radius 3 is 2.83 bits per heavy atom. The van der Waals surface area contributed by atoms with Crippen LogP contribution in [-0.2, 0) is 15.6 Å². The van der Waals surface area contributed by atoms with E-state index in [9.17, 15) is 8.42 Å². The zero-order valence-electron chi connectivity index (χ0n) is 6.23. The van der Waals surface area contributed by atoms with Crippen LogP contribution in [0.3, 0.4) is 0 Å². The molecule has 0 N–H and O–H groups in total. The van der Waals surface area contributed by atoms with Crippen molar-refractivity contribution in [3.63, 3.8) is 0 Å². The lowest BCUT2D eigenvalue weighted by molar-refractivity contribution is 0.599. The molecule has 12 heavy (non-hydrogen) atoms. The van der Waals surface area contributed by atoms with Crippen LogP contribution in [0.1, 0.15) is 4.88 Å². The smallest absolute Gasteiger partial charge is 0.168 e. The van der Waals surface area contributed by atoms with Gasteiger partial charge in [-0.25, -0.2) is 8.42 Å². The molecule has 0 bridgehead atoms. The lowest BCUT2D eigenvalue weighted by Gasteiger charge is -1.94. The maximum atomic E-state index is 11.1. The summed E-state index contributed by atoms with van der Waals surface area (Å²) in [5.74, 6) is -0.414. The molecule has 3 nitrogen and oxygen atoms in total. The molecular weight excluding hydrogens is 194 g/mol. The lowest BCUT2D eigenvalue weighted by atomic mass is 10.5. The van der Waals surface area contributed by atoms with Gasteiger partial charge in [-0.2, -0.15) is 5.26 Å². The molecule has 0 radical (unpaired) electrons. The van der Waals surface area contributed by atoms with Crippen molar-refractivity contribution in [1.82, 2.24) is 0 Å². The minimum absolute atomic E-state index is 0.0156. The molecule has 1 heterocycles. The summed E-state index contributed by atoms with van der Waals surface area (Å²) < 4.78 is 22.2. The van der Waals surface area contributed by atoms with Crippen LogP contribution < -0.4 is 0 Å². The molecule has 64 valence electrons. The van der Waals surface area contributed by atoms with Crippen molar-refractivity contribution in [1.29, 1.82) is 5.26 Å². The first-order valence-corrected chi connectivity index (χ1v) is 5.94. The molecule has 5 heteroatoms. The zero-order chi connectivity index (χ0) is 9.03. The molecule has 1 aromatic rings. The highest BCUT2D eigenvalue weighted by molar-refractivity contribution is 7.90. The monoisotopic (exact) mass is 201 g/mol. The van der Waals surface area contributed by atoms with Gasteiger partial charge in [0, 0.05) is 4.88 Å². The van der Waals surface area contributed by atoms with E-state index in [0.29, 0.717) is 0 Å². The second-order valence-corrected chi connectivity index (χ2v) is 5.37. The van der Waals surface area contributed by atoms with Gasteiger partial charge in [0.1, 0.15) is 5.75 Å².